The number of hydrogen-bond donors (Lipinski definition) is 0. The molecule has 0 aliphatic rings. The summed E-state index contributed by atoms with van der Waals surface area (Å²) in [6, 6.07) is 0. The maximum atomic E-state index is 12.0. The summed E-state index contributed by atoms with van der Waals surface area (Å²) in [4.78, 5) is 23.9. The molecule has 0 aromatic carbocycles. The number of hydrogen-bond acceptors (Lipinski definition) is 4. The number of ether oxygens (including phenoxy) is 2. The van der Waals surface area contributed by atoms with Gasteiger partial charge in [0.1, 0.15) is 0 Å². The van der Waals surface area contributed by atoms with Crippen LogP contribution in [0.1, 0.15) is 85.5 Å². The molecule has 0 radical (unpaired) electrons. The van der Waals surface area contributed by atoms with Gasteiger partial charge in [0.05, 0.1) is 19.6 Å². The van der Waals surface area contributed by atoms with Gasteiger partial charge in [-0.1, -0.05) is 72.8 Å². The van der Waals surface area contributed by atoms with E-state index in [1.165, 1.54) is 0 Å². The van der Waals surface area contributed by atoms with Crippen LogP contribution < -0.4 is 0 Å². The van der Waals surface area contributed by atoms with Crippen molar-refractivity contribution in [2.45, 2.75) is 85.5 Å². The van der Waals surface area contributed by atoms with Crippen LogP contribution in [-0.2, 0) is 19.1 Å². The highest BCUT2D eigenvalue weighted by Crippen LogP contribution is 2.15. The summed E-state index contributed by atoms with van der Waals surface area (Å²) < 4.78 is 10.6. The first-order chi connectivity index (χ1) is 12.0. The third-order valence-corrected chi connectivity index (χ3v) is 4.66. The number of rotatable bonds is 15. The van der Waals surface area contributed by atoms with E-state index in [2.05, 4.69) is 34.3 Å². The first-order valence-corrected chi connectivity index (χ1v) is 9.98. The van der Waals surface area contributed by atoms with E-state index in [1.807, 2.05) is 0 Å². The first-order valence-electron chi connectivity index (χ1n) is 9.98. The average molecular weight is 355 g/mol. The van der Waals surface area contributed by atoms with E-state index < -0.39 is 11.9 Å². The lowest BCUT2D eigenvalue weighted by atomic mass is 10.0. The van der Waals surface area contributed by atoms with Crippen LogP contribution in [0.3, 0.4) is 0 Å². The van der Waals surface area contributed by atoms with Crippen molar-refractivity contribution in [2.24, 2.45) is 11.8 Å². The molecule has 0 aromatic rings. The van der Waals surface area contributed by atoms with Crippen LogP contribution in [-0.4, -0.2) is 25.2 Å². The summed E-state index contributed by atoms with van der Waals surface area (Å²) >= 11 is 0. The summed E-state index contributed by atoms with van der Waals surface area (Å²) in [7, 11) is 0. The molecular formula is C21H38O4. The van der Waals surface area contributed by atoms with Gasteiger partial charge >= 0.3 is 11.9 Å². The lowest BCUT2D eigenvalue weighted by Gasteiger charge is -2.16. The molecule has 4 nitrogen and oxygen atoms in total. The van der Waals surface area contributed by atoms with Crippen LogP contribution in [0.2, 0.25) is 0 Å². The zero-order valence-corrected chi connectivity index (χ0v) is 16.8. The van der Waals surface area contributed by atoms with E-state index in [4.69, 9.17) is 9.47 Å². The third kappa shape index (κ3) is 11.8. The van der Waals surface area contributed by atoms with Crippen molar-refractivity contribution in [3.05, 3.63) is 12.2 Å². The SMILES string of the molecule is C=C(CC(=O)OC[C@H](CC)CCCC)C(=O)OC[C@@H](CC)CCCC. The first kappa shape index (κ1) is 23.7. The minimum absolute atomic E-state index is 0.0885. The molecular weight excluding hydrogens is 316 g/mol. The van der Waals surface area contributed by atoms with Gasteiger partial charge in [0.2, 0.25) is 0 Å². The lowest BCUT2D eigenvalue weighted by Crippen LogP contribution is -2.18. The van der Waals surface area contributed by atoms with Gasteiger partial charge in [0.25, 0.3) is 0 Å². The fraction of sp³-hybridized carbons (Fsp3) is 0.810. The van der Waals surface area contributed by atoms with Crippen LogP contribution >= 0.6 is 0 Å². The minimum atomic E-state index is -0.482. The predicted octanol–water partition coefficient (Wildman–Crippen LogP) is 5.45. The maximum absolute atomic E-state index is 12.0. The lowest BCUT2D eigenvalue weighted by molar-refractivity contribution is -0.147. The Bertz CT molecular complexity index is 389. The third-order valence-electron chi connectivity index (χ3n) is 4.66. The Labute approximate surface area is 154 Å². The van der Waals surface area contributed by atoms with E-state index in [0.29, 0.717) is 25.0 Å². The molecule has 0 fully saturated rings. The van der Waals surface area contributed by atoms with Crippen molar-refractivity contribution >= 4 is 11.9 Å². The molecule has 146 valence electrons. The molecule has 0 N–H and O–H groups in total. The molecule has 0 rings (SSSR count). The van der Waals surface area contributed by atoms with Crippen LogP contribution in [0, 0.1) is 11.8 Å². The molecule has 0 amide bonds. The molecule has 0 bridgehead atoms. The van der Waals surface area contributed by atoms with Crippen molar-refractivity contribution in [1.29, 1.82) is 0 Å². The molecule has 2 atom stereocenters. The minimum Gasteiger partial charge on any atom is -0.465 e. The van der Waals surface area contributed by atoms with Gasteiger partial charge in [-0.15, -0.1) is 0 Å². The highest BCUT2D eigenvalue weighted by Gasteiger charge is 2.17. The van der Waals surface area contributed by atoms with Gasteiger partial charge in [-0.05, 0) is 24.7 Å². The van der Waals surface area contributed by atoms with E-state index in [0.717, 1.165) is 51.4 Å². The van der Waals surface area contributed by atoms with Crippen molar-refractivity contribution in [3.63, 3.8) is 0 Å². The second-order valence-electron chi connectivity index (χ2n) is 6.89. The Morgan fingerprint density at radius 3 is 1.76 bits per heavy atom. The quantitative estimate of drug-likeness (QED) is 0.290. The van der Waals surface area contributed by atoms with Crippen LogP contribution in [0.25, 0.3) is 0 Å². The van der Waals surface area contributed by atoms with Crippen LogP contribution in [0.5, 0.6) is 0 Å². The van der Waals surface area contributed by atoms with Crippen molar-refractivity contribution < 1.29 is 19.1 Å². The zero-order valence-electron chi connectivity index (χ0n) is 16.8. The van der Waals surface area contributed by atoms with Gasteiger partial charge in [-0.2, -0.15) is 0 Å². The van der Waals surface area contributed by atoms with Crippen LogP contribution in [0.4, 0.5) is 0 Å². The van der Waals surface area contributed by atoms with Crippen molar-refractivity contribution in [2.75, 3.05) is 13.2 Å². The molecule has 4 heteroatoms. The van der Waals surface area contributed by atoms with Gasteiger partial charge in [-0.3, -0.25) is 4.79 Å². The summed E-state index contributed by atoms with van der Waals surface area (Å²) in [5.41, 5.74) is 0.178. The Hall–Kier alpha value is -1.32. The monoisotopic (exact) mass is 354 g/mol. The van der Waals surface area contributed by atoms with Gasteiger partial charge < -0.3 is 9.47 Å². The summed E-state index contributed by atoms with van der Waals surface area (Å²) in [6.45, 7) is 13.0. The second-order valence-corrected chi connectivity index (χ2v) is 6.89. The number of esters is 2. The molecule has 0 saturated carbocycles. The second kappa shape index (κ2) is 15.0. The van der Waals surface area contributed by atoms with E-state index >= 15 is 0 Å². The summed E-state index contributed by atoms with van der Waals surface area (Å²) in [5.74, 6) is -0.0969. The molecule has 0 aliphatic carbocycles. The highest BCUT2D eigenvalue weighted by molar-refractivity contribution is 5.93. The molecule has 0 unspecified atom stereocenters. The van der Waals surface area contributed by atoms with E-state index in [-0.39, 0.29) is 12.0 Å². The predicted molar refractivity (Wildman–Crippen MR) is 102 cm³/mol. The Balaban J connectivity index is 4.12. The topological polar surface area (TPSA) is 52.6 Å². The molecule has 0 spiro atoms. The highest BCUT2D eigenvalue weighted by atomic mass is 16.5. The van der Waals surface area contributed by atoms with Crippen LogP contribution in [0.15, 0.2) is 12.2 Å². The Morgan fingerprint density at radius 2 is 1.32 bits per heavy atom. The number of carbonyl (C=O) groups excluding carboxylic acids is 2. The fourth-order valence-electron chi connectivity index (χ4n) is 2.60. The summed E-state index contributed by atoms with van der Waals surface area (Å²) in [6.07, 6.45) is 8.58. The zero-order chi connectivity index (χ0) is 19.1. The smallest absolute Gasteiger partial charge is 0.333 e. The molecule has 25 heavy (non-hydrogen) atoms. The normalized spacial score (nSPS) is 13.1. The molecule has 0 aromatic heterocycles. The number of unbranched alkanes of at least 4 members (excludes halogenated alkanes) is 2. The molecule has 0 aliphatic heterocycles. The fourth-order valence-corrected chi connectivity index (χ4v) is 2.60. The Morgan fingerprint density at radius 1 is 0.840 bits per heavy atom. The van der Waals surface area contributed by atoms with Gasteiger partial charge in [0.15, 0.2) is 0 Å². The maximum Gasteiger partial charge on any atom is 0.333 e. The summed E-state index contributed by atoms with van der Waals surface area (Å²) in [5, 5.41) is 0. The Kier molecular flexibility index (Phi) is 14.2. The average Bonchev–Trinajstić information content (AvgIpc) is 2.61. The largest absolute Gasteiger partial charge is 0.465 e. The molecule has 0 heterocycles. The van der Waals surface area contributed by atoms with E-state index in [1.54, 1.807) is 0 Å². The standard InChI is InChI=1S/C21H38O4/c1-6-10-12-18(8-3)15-24-20(22)14-17(5)21(23)25-16-19(9-4)13-11-7-2/h18-19H,5-16H2,1-4H3/t18-,19+/m1/s1. The van der Waals surface area contributed by atoms with E-state index in [9.17, 15) is 9.59 Å². The van der Waals surface area contributed by atoms with Gasteiger partial charge in [0, 0.05) is 5.57 Å². The van der Waals surface area contributed by atoms with Crippen molar-refractivity contribution in [1.82, 2.24) is 0 Å². The molecule has 0 saturated heterocycles. The number of carbonyl (C=O) groups is 2. The van der Waals surface area contributed by atoms with Gasteiger partial charge in [-0.25, -0.2) is 4.79 Å². The van der Waals surface area contributed by atoms with Crippen molar-refractivity contribution in [3.8, 4) is 0 Å².